The molecule has 5 heteroatoms. The van der Waals surface area contributed by atoms with Crippen LogP contribution in [0.5, 0.6) is 0 Å². The second-order valence-corrected chi connectivity index (χ2v) is 4.49. The van der Waals surface area contributed by atoms with E-state index >= 15 is 0 Å². The van der Waals surface area contributed by atoms with Crippen molar-refractivity contribution in [3.05, 3.63) is 17.5 Å². The van der Waals surface area contributed by atoms with Crippen LogP contribution in [0.3, 0.4) is 0 Å². The highest BCUT2D eigenvalue weighted by molar-refractivity contribution is 5.87. The van der Waals surface area contributed by atoms with Crippen molar-refractivity contribution in [2.75, 3.05) is 20.1 Å². The lowest BCUT2D eigenvalue weighted by molar-refractivity contribution is 0.0687. The van der Waals surface area contributed by atoms with Crippen LogP contribution in [0.25, 0.3) is 0 Å². The monoisotopic (exact) mass is 223 g/mol. The SMILES string of the molecule is CN1CCC(c2cn(C)nc2C(=O)O)CC1. The molecule has 0 unspecified atom stereocenters. The number of piperidine rings is 1. The molecular weight excluding hydrogens is 206 g/mol. The zero-order valence-electron chi connectivity index (χ0n) is 9.68. The molecule has 0 bridgehead atoms. The highest BCUT2D eigenvalue weighted by atomic mass is 16.4. The Morgan fingerprint density at radius 1 is 1.44 bits per heavy atom. The molecule has 0 aromatic carbocycles. The van der Waals surface area contributed by atoms with Crippen LogP contribution in [0.4, 0.5) is 0 Å². The molecule has 88 valence electrons. The third-order valence-corrected chi connectivity index (χ3v) is 3.22. The van der Waals surface area contributed by atoms with Gasteiger partial charge in [0, 0.05) is 18.8 Å². The molecule has 1 saturated heterocycles. The van der Waals surface area contributed by atoms with Gasteiger partial charge in [0.2, 0.25) is 0 Å². The van der Waals surface area contributed by atoms with Crippen molar-refractivity contribution in [3.8, 4) is 0 Å². The molecular formula is C11H17N3O2. The van der Waals surface area contributed by atoms with Gasteiger partial charge in [-0.05, 0) is 38.9 Å². The molecule has 5 nitrogen and oxygen atoms in total. The van der Waals surface area contributed by atoms with Crippen molar-refractivity contribution in [1.82, 2.24) is 14.7 Å². The predicted octanol–water partition coefficient (Wildman–Crippen LogP) is 0.927. The molecule has 1 N–H and O–H groups in total. The average molecular weight is 223 g/mol. The summed E-state index contributed by atoms with van der Waals surface area (Å²) in [6.45, 7) is 2.05. The number of nitrogens with zero attached hydrogens (tertiary/aromatic N) is 3. The summed E-state index contributed by atoms with van der Waals surface area (Å²) >= 11 is 0. The molecule has 2 rings (SSSR count). The van der Waals surface area contributed by atoms with E-state index in [1.165, 1.54) is 0 Å². The van der Waals surface area contributed by atoms with E-state index in [0.29, 0.717) is 5.92 Å². The van der Waals surface area contributed by atoms with Gasteiger partial charge in [-0.1, -0.05) is 0 Å². The fraction of sp³-hybridized carbons (Fsp3) is 0.636. The summed E-state index contributed by atoms with van der Waals surface area (Å²) in [5.74, 6) is -0.578. The molecule has 1 fully saturated rings. The Bertz CT molecular complexity index is 392. The number of carboxylic acids is 1. The van der Waals surface area contributed by atoms with Crippen molar-refractivity contribution >= 4 is 5.97 Å². The lowest BCUT2D eigenvalue weighted by Gasteiger charge is -2.28. The number of hydrogen-bond acceptors (Lipinski definition) is 3. The van der Waals surface area contributed by atoms with Crippen LogP contribution in [0, 0.1) is 0 Å². The third kappa shape index (κ3) is 2.09. The van der Waals surface area contributed by atoms with Crippen molar-refractivity contribution in [2.45, 2.75) is 18.8 Å². The number of aryl methyl sites for hydroxylation is 1. The van der Waals surface area contributed by atoms with Crippen LogP contribution < -0.4 is 0 Å². The van der Waals surface area contributed by atoms with Gasteiger partial charge in [0.15, 0.2) is 5.69 Å². The number of aromatic nitrogens is 2. The summed E-state index contributed by atoms with van der Waals surface area (Å²) in [5, 5.41) is 13.1. The first-order chi connectivity index (χ1) is 7.58. The largest absolute Gasteiger partial charge is 0.476 e. The van der Waals surface area contributed by atoms with Gasteiger partial charge >= 0.3 is 5.97 Å². The molecule has 2 heterocycles. The van der Waals surface area contributed by atoms with Crippen LogP contribution >= 0.6 is 0 Å². The molecule has 0 atom stereocenters. The van der Waals surface area contributed by atoms with Gasteiger partial charge in [-0.15, -0.1) is 0 Å². The van der Waals surface area contributed by atoms with Crippen molar-refractivity contribution in [3.63, 3.8) is 0 Å². The highest BCUT2D eigenvalue weighted by Crippen LogP contribution is 2.29. The number of hydrogen-bond donors (Lipinski definition) is 1. The summed E-state index contributed by atoms with van der Waals surface area (Å²) in [7, 11) is 3.86. The van der Waals surface area contributed by atoms with Crippen LogP contribution in [0.2, 0.25) is 0 Å². The Labute approximate surface area is 94.7 Å². The summed E-state index contributed by atoms with van der Waals surface area (Å²) in [4.78, 5) is 13.3. The molecule has 1 aliphatic rings. The lowest BCUT2D eigenvalue weighted by atomic mass is 9.90. The molecule has 0 saturated carbocycles. The molecule has 0 amide bonds. The first-order valence-electron chi connectivity index (χ1n) is 5.53. The average Bonchev–Trinajstić information content (AvgIpc) is 2.61. The van der Waals surface area contributed by atoms with Crippen LogP contribution in [-0.2, 0) is 7.05 Å². The maximum absolute atomic E-state index is 11.1. The quantitative estimate of drug-likeness (QED) is 0.810. The molecule has 0 aliphatic carbocycles. The van der Waals surface area contributed by atoms with Gasteiger partial charge in [-0.3, -0.25) is 4.68 Å². The Kier molecular flexibility index (Phi) is 2.96. The first kappa shape index (κ1) is 11.1. The number of aromatic carboxylic acids is 1. The first-order valence-corrected chi connectivity index (χ1v) is 5.53. The second-order valence-electron chi connectivity index (χ2n) is 4.49. The normalized spacial score (nSPS) is 18.9. The van der Waals surface area contributed by atoms with Gasteiger partial charge in [-0.2, -0.15) is 5.10 Å². The molecule has 0 radical (unpaired) electrons. The predicted molar refractivity (Wildman–Crippen MR) is 59.6 cm³/mol. The second kappa shape index (κ2) is 4.25. The van der Waals surface area contributed by atoms with Crippen LogP contribution in [0.1, 0.15) is 34.8 Å². The van der Waals surface area contributed by atoms with Gasteiger partial charge in [-0.25, -0.2) is 4.79 Å². The zero-order valence-corrected chi connectivity index (χ0v) is 9.68. The molecule has 16 heavy (non-hydrogen) atoms. The fourth-order valence-electron chi connectivity index (χ4n) is 2.29. The topological polar surface area (TPSA) is 58.4 Å². The maximum Gasteiger partial charge on any atom is 0.356 e. The van der Waals surface area contributed by atoms with E-state index in [2.05, 4.69) is 17.0 Å². The van der Waals surface area contributed by atoms with Gasteiger partial charge in [0.05, 0.1) is 0 Å². The third-order valence-electron chi connectivity index (χ3n) is 3.22. The number of rotatable bonds is 2. The van der Waals surface area contributed by atoms with Gasteiger partial charge in [0.25, 0.3) is 0 Å². The van der Waals surface area contributed by atoms with Gasteiger partial charge < -0.3 is 10.0 Å². The Morgan fingerprint density at radius 2 is 2.06 bits per heavy atom. The maximum atomic E-state index is 11.1. The van der Waals surface area contributed by atoms with E-state index in [4.69, 9.17) is 5.11 Å². The molecule has 0 spiro atoms. The van der Waals surface area contributed by atoms with E-state index in [-0.39, 0.29) is 5.69 Å². The standard InChI is InChI=1S/C11H17N3O2/c1-13-5-3-8(4-6-13)9-7-14(2)12-10(9)11(15)16/h7-8H,3-6H2,1-2H3,(H,15,16). The summed E-state index contributed by atoms with van der Waals surface area (Å²) in [6.07, 6.45) is 3.88. The molecule has 1 aromatic heterocycles. The highest BCUT2D eigenvalue weighted by Gasteiger charge is 2.25. The number of carbonyl (C=O) groups is 1. The van der Waals surface area contributed by atoms with E-state index in [0.717, 1.165) is 31.5 Å². The van der Waals surface area contributed by atoms with E-state index in [1.54, 1.807) is 11.7 Å². The van der Waals surface area contributed by atoms with Crippen molar-refractivity contribution < 1.29 is 9.90 Å². The Morgan fingerprint density at radius 3 is 2.62 bits per heavy atom. The minimum atomic E-state index is -0.922. The van der Waals surface area contributed by atoms with Crippen LogP contribution in [-0.4, -0.2) is 45.9 Å². The summed E-state index contributed by atoms with van der Waals surface area (Å²) in [5.41, 5.74) is 1.11. The molecule has 1 aromatic rings. The van der Waals surface area contributed by atoms with E-state index in [9.17, 15) is 4.79 Å². The Hall–Kier alpha value is -1.36. The smallest absolute Gasteiger partial charge is 0.356 e. The number of carboxylic acid groups (broad SMARTS) is 1. The summed E-state index contributed by atoms with van der Waals surface area (Å²) in [6, 6.07) is 0. The van der Waals surface area contributed by atoms with Gasteiger partial charge in [0.1, 0.15) is 0 Å². The van der Waals surface area contributed by atoms with Crippen molar-refractivity contribution in [1.29, 1.82) is 0 Å². The lowest BCUT2D eigenvalue weighted by Crippen LogP contribution is -2.29. The summed E-state index contributed by atoms with van der Waals surface area (Å²) < 4.78 is 1.59. The van der Waals surface area contributed by atoms with Crippen molar-refractivity contribution in [2.24, 2.45) is 7.05 Å². The minimum absolute atomic E-state index is 0.219. The van der Waals surface area contributed by atoms with Crippen LogP contribution in [0.15, 0.2) is 6.20 Å². The Balaban J connectivity index is 2.22. The number of likely N-dealkylation sites (tertiary alicyclic amines) is 1. The van der Waals surface area contributed by atoms with E-state index < -0.39 is 5.97 Å². The fourth-order valence-corrected chi connectivity index (χ4v) is 2.29. The minimum Gasteiger partial charge on any atom is -0.476 e. The zero-order chi connectivity index (χ0) is 11.7. The molecule has 1 aliphatic heterocycles. The van der Waals surface area contributed by atoms with E-state index in [1.807, 2.05) is 6.20 Å².